The van der Waals surface area contributed by atoms with Crippen molar-refractivity contribution in [3.05, 3.63) is 390 Å². The summed E-state index contributed by atoms with van der Waals surface area (Å²) in [5, 5.41) is 24.7. The summed E-state index contributed by atoms with van der Waals surface area (Å²) < 4.78 is 25.5. The Kier molecular flexibility index (Phi) is 15.9. The number of hydrogen-bond donors (Lipinski definition) is 0. The quantitative estimate of drug-likeness (QED) is 0.166. The summed E-state index contributed by atoms with van der Waals surface area (Å²) in [5.74, 6) is 0. The summed E-state index contributed by atoms with van der Waals surface area (Å²) in [6.07, 6.45) is 0. The predicted molar refractivity (Wildman–Crippen MR) is 499 cm³/mol. The van der Waals surface area contributed by atoms with Gasteiger partial charge in [0.05, 0.1) is 38.8 Å². The Bertz CT molecular complexity index is 8360. The van der Waals surface area contributed by atoms with Crippen LogP contribution >= 0.6 is 59.1 Å². The van der Waals surface area contributed by atoms with Gasteiger partial charge in [0.2, 0.25) is 0 Å². The maximum Gasteiger partial charge on any atom is 0.136 e. The largest absolute Gasteiger partial charge is 0.456 e. The van der Waals surface area contributed by atoms with E-state index in [1.54, 1.807) is 0 Å². The first-order chi connectivity index (χ1) is 56.7. The highest BCUT2D eigenvalue weighted by atomic mass is 79.9. The summed E-state index contributed by atoms with van der Waals surface area (Å²) in [6, 6.07) is 136. The summed E-state index contributed by atoms with van der Waals surface area (Å²) in [6.45, 7) is 0. The zero-order valence-corrected chi connectivity index (χ0v) is 67.1. The molecular weight excluding hydrogens is 1620 g/mol. The fourth-order valence-electron chi connectivity index (χ4n) is 18.0. The predicted octanol–water partition coefficient (Wildman–Crippen LogP) is 32.4. The molecule has 25 rings (SSSR count). The number of benzene rings is 19. The monoisotopic (exact) mass is 1680 g/mol. The molecule has 0 amide bonds. The molecule has 540 valence electrons. The third kappa shape index (κ3) is 11.3. The zero-order chi connectivity index (χ0) is 76.1. The van der Waals surface area contributed by atoms with Crippen LogP contribution in [-0.4, -0.2) is 13.7 Å². The zero-order valence-electron chi connectivity index (χ0n) is 61.5. The molecular formula is C106H62Br3N3O2S. The Hall–Kier alpha value is -13.1. The van der Waals surface area contributed by atoms with Crippen molar-refractivity contribution in [2.75, 3.05) is 0 Å². The first-order valence-electron chi connectivity index (χ1n) is 38.5. The van der Waals surface area contributed by atoms with Gasteiger partial charge in [0, 0.05) is 104 Å². The van der Waals surface area contributed by atoms with Gasteiger partial charge in [0.25, 0.3) is 0 Å². The molecule has 115 heavy (non-hydrogen) atoms. The first-order valence-corrected chi connectivity index (χ1v) is 41.7. The molecule has 0 saturated heterocycles. The molecule has 0 aliphatic heterocycles. The Morgan fingerprint density at radius 3 is 1.45 bits per heavy atom. The smallest absolute Gasteiger partial charge is 0.136 e. The number of thiophene rings is 1. The SMILES string of the molecule is Brc1ccc2c(c1)oc1ccc(-c3ccc4c(c3)c3ccccc3n4-c3cccc4ccccc34)cc12.Brc1ccc2oc3cc(-c4ccc5c(c4)c4ccccc4n5-c4ccccc4)c4ccccc4c3c2c1.Brc1ccc2sc3cc(-c4ccc5c(c4)c4cc6ccccc6cc4n5-c4ccc5ccccc5c4)ccc3c2c1. The lowest BCUT2D eigenvalue weighted by molar-refractivity contribution is 0.668. The fourth-order valence-corrected chi connectivity index (χ4v) is 20.2. The normalized spacial score (nSPS) is 12.0. The minimum Gasteiger partial charge on any atom is -0.456 e. The standard InChI is InChI=1S/C38H22BrNS.2C34H20BrNO/c39-29-12-16-37-34(22-29)31-14-10-28(21-38(31)41-37)27-11-15-35-32(19-27)33-18-25-7-3-4-8-26(25)20-36(33)40(35)30-13-9-23-5-1-2-6-24(23)17-30;35-24-14-15-27-29-19-23(13-17-33(29)37-34(27)20-24)22-12-16-32-28(18-22)26-9-3-4-10-31(26)36(32)30-11-5-7-21-6-1-2-8-25(21)30;35-22-15-17-32-29(19-22)34-26-12-5-4-10-24(26)27(20-33(34)37-32)21-14-16-31-28(18-21)25-11-6-7-13-30(25)36(31)23-8-2-1-3-9-23/h1-22H;2*1-20H. The third-order valence-electron chi connectivity index (χ3n) is 23.3. The van der Waals surface area contributed by atoms with Crippen molar-refractivity contribution in [3.63, 3.8) is 0 Å². The molecule has 25 aromatic rings. The van der Waals surface area contributed by atoms with Crippen molar-refractivity contribution in [1.82, 2.24) is 13.7 Å². The van der Waals surface area contributed by atoms with Crippen molar-refractivity contribution < 1.29 is 8.83 Å². The van der Waals surface area contributed by atoms with Gasteiger partial charge in [-0.1, -0.05) is 254 Å². The molecule has 0 fully saturated rings. The molecule has 0 spiro atoms. The second-order valence-electron chi connectivity index (χ2n) is 29.8. The van der Waals surface area contributed by atoms with E-state index in [1.807, 2.05) is 29.5 Å². The number of halogens is 3. The third-order valence-corrected chi connectivity index (χ3v) is 25.9. The fraction of sp³-hybridized carbons (Fsp3) is 0. The Balaban J connectivity index is 0.000000102. The lowest BCUT2D eigenvalue weighted by Crippen LogP contribution is -1.95. The van der Waals surface area contributed by atoms with Gasteiger partial charge in [-0.2, -0.15) is 0 Å². The van der Waals surface area contributed by atoms with Crippen LogP contribution in [0.2, 0.25) is 0 Å². The second kappa shape index (κ2) is 27.1. The van der Waals surface area contributed by atoms with Gasteiger partial charge in [-0.05, 0) is 241 Å². The van der Waals surface area contributed by atoms with Crippen molar-refractivity contribution in [2.24, 2.45) is 0 Å². The summed E-state index contributed by atoms with van der Waals surface area (Å²) in [5.41, 5.74) is 21.7. The Labute approximate surface area is 688 Å². The van der Waals surface area contributed by atoms with Crippen molar-refractivity contribution >= 4 is 232 Å². The van der Waals surface area contributed by atoms with Crippen LogP contribution in [0.1, 0.15) is 0 Å². The van der Waals surface area contributed by atoms with Crippen LogP contribution in [0.5, 0.6) is 0 Å². The van der Waals surface area contributed by atoms with E-state index < -0.39 is 0 Å². The second-order valence-corrected chi connectivity index (χ2v) is 33.6. The van der Waals surface area contributed by atoms with Gasteiger partial charge < -0.3 is 22.5 Å². The van der Waals surface area contributed by atoms with Crippen LogP contribution in [0, 0.1) is 0 Å². The highest BCUT2D eigenvalue weighted by Crippen LogP contribution is 2.47. The molecule has 0 bridgehead atoms. The van der Waals surface area contributed by atoms with Crippen LogP contribution in [0.4, 0.5) is 0 Å². The molecule has 0 saturated carbocycles. The van der Waals surface area contributed by atoms with Crippen LogP contribution in [-0.2, 0) is 0 Å². The molecule has 19 aromatic carbocycles. The lowest BCUT2D eigenvalue weighted by atomic mass is 9.94. The van der Waals surface area contributed by atoms with Crippen LogP contribution in [0.3, 0.4) is 0 Å². The van der Waals surface area contributed by atoms with Gasteiger partial charge in [0.15, 0.2) is 0 Å². The number of furan rings is 2. The molecule has 0 atom stereocenters. The molecule has 9 heteroatoms. The number of aromatic nitrogens is 3. The molecule has 6 heterocycles. The van der Waals surface area contributed by atoms with Gasteiger partial charge >= 0.3 is 0 Å². The molecule has 6 aromatic heterocycles. The van der Waals surface area contributed by atoms with E-state index in [1.165, 1.54) is 179 Å². The van der Waals surface area contributed by atoms with Crippen molar-refractivity contribution in [2.45, 2.75) is 0 Å². The molecule has 0 aliphatic carbocycles. The van der Waals surface area contributed by atoms with E-state index in [0.29, 0.717) is 0 Å². The topological polar surface area (TPSA) is 41.1 Å². The number of nitrogens with zero attached hydrogens (tertiary/aromatic N) is 3. The van der Waals surface area contributed by atoms with Gasteiger partial charge in [-0.15, -0.1) is 11.3 Å². The summed E-state index contributed by atoms with van der Waals surface area (Å²) in [7, 11) is 0. The van der Waals surface area contributed by atoms with E-state index in [9.17, 15) is 0 Å². The summed E-state index contributed by atoms with van der Waals surface area (Å²) in [4.78, 5) is 0. The molecule has 5 nitrogen and oxygen atoms in total. The van der Waals surface area contributed by atoms with Crippen LogP contribution < -0.4 is 0 Å². The van der Waals surface area contributed by atoms with E-state index in [2.05, 4.69) is 419 Å². The van der Waals surface area contributed by atoms with E-state index in [-0.39, 0.29) is 0 Å². The van der Waals surface area contributed by atoms with Gasteiger partial charge in [0.1, 0.15) is 22.3 Å². The summed E-state index contributed by atoms with van der Waals surface area (Å²) >= 11 is 12.7. The highest BCUT2D eigenvalue weighted by molar-refractivity contribution is 9.11. The van der Waals surface area contributed by atoms with E-state index >= 15 is 0 Å². The molecule has 0 unspecified atom stereocenters. The van der Waals surface area contributed by atoms with Crippen LogP contribution in [0.15, 0.2) is 398 Å². The number of para-hydroxylation sites is 3. The number of rotatable bonds is 6. The minimum atomic E-state index is 0.898. The molecule has 0 aliphatic rings. The average Bonchev–Trinajstić information content (AvgIpc) is 1.58. The number of fused-ring (bicyclic) bond motifs is 23. The first kappa shape index (κ1) is 67.6. The van der Waals surface area contributed by atoms with Gasteiger partial charge in [-0.3, -0.25) is 0 Å². The van der Waals surface area contributed by atoms with E-state index in [4.69, 9.17) is 8.83 Å². The number of hydrogen-bond acceptors (Lipinski definition) is 3. The maximum absolute atomic E-state index is 6.37. The van der Waals surface area contributed by atoms with Crippen molar-refractivity contribution in [1.29, 1.82) is 0 Å². The van der Waals surface area contributed by atoms with Gasteiger partial charge in [-0.25, -0.2) is 0 Å². The van der Waals surface area contributed by atoms with E-state index in [0.717, 1.165) is 57.3 Å². The average molecular weight is 1680 g/mol. The molecule has 0 N–H and O–H groups in total. The van der Waals surface area contributed by atoms with Crippen LogP contribution in [0.25, 0.3) is 223 Å². The van der Waals surface area contributed by atoms with Crippen molar-refractivity contribution in [3.8, 4) is 50.4 Å². The molecule has 0 radical (unpaired) electrons. The Morgan fingerprint density at radius 1 is 0.209 bits per heavy atom. The Morgan fingerprint density at radius 2 is 0.696 bits per heavy atom. The lowest BCUT2D eigenvalue weighted by Gasteiger charge is -2.11. The maximum atomic E-state index is 6.37. The highest BCUT2D eigenvalue weighted by Gasteiger charge is 2.22. The minimum absolute atomic E-state index is 0.898.